The molecule has 0 heterocycles. The van der Waals surface area contributed by atoms with Crippen molar-refractivity contribution in [3.63, 3.8) is 0 Å². The van der Waals surface area contributed by atoms with E-state index in [0.717, 1.165) is 5.56 Å². The quantitative estimate of drug-likeness (QED) is 0.563. The van der Waals surface area contributed by atoms with Crippen LogP contribution in [0.2, 0.25) is 0 Å². The van der Waals surface area contributed by atoms with E-state index in [1.165, 1.54) is 6.08 Å². The van der Waals surface area contributed by atoms with E-state index in [9.17, 15) is 9.59 Å². The Morgan fingerprint density at radius 2 is 1.95 bits per heavy atom. The van der Waals surface area contributed by atoms with Crippen LogP contribution in [-0.2, 0) is 11.3 Å². The average molecular weight is 294 g/mol. The number of alkyl carbamates (subject to hydrolysis) is 1. The van der Waals surface area contributed by atoms with Gasteiger partial charge < -0.3 is 25.6 Å². The number of carbonyl (C=O) groups excluding carboxylic acids is 1. The Labute approximate surface area is 122 Å². The number of aliphatic hydroxyl groups excluding tert-OH is 1. The average Bonchev–Trinajstić information content (AvgIpc) is 2.49. The zero-order valence-corrected chi connectivity index (χ0v) is 11.4. The van der Waals surface area contributed by atoms with Gasteiger partial charge in [0.2, 0.25) is 0 Å². The van der Waals surface area contributed by atoms with Crippen LogP contribution in [-0.4, -0.2) is 41.1 Å². The maximum atomic E-state index is 11.7. The molecule has 0 aliphatic heterocycles. The zero-order chi connectivity index (χ0) is 15.7. The van der Waals surface area contributed by atoms with E-state index in [1.807, 2.05) is 18.2 Å². The first-order valence-electron chi connectivity index (χ1n) is 6.27. The molecule has 1 aromatic rings. The first-order chi connectivity index (χ1) is 10.1. The molecule has 0 bridgehead atoms. The van der Waals surface area contributed by atoms with Gasteiger partial charge in [0.25, 0.3) is 0 Å². The summed E-state index contributed by atoms with van der Waals surface area (Å²) in [7, 11) is 0. The lowest BCUT2D eigenvalue weighted by molar-refractivity contribution is 0.130. The highest BCUT2D eigenvalue weighted by molar-refractivity contribution is 5.69. The number of hydrogen-bond donors (Lipinski definition) is 4. The molecule has 0 saturated heterocycles. The fourth-order valence-electron chi connectivity index (χ4n) is 1.63. The predicted octanol–water partition coefficient (Wildman–Crippen LogP) is 1.10. The molecule has 0 spiro atoms. The van der Waals surface area contributed by atoms with E-state index in [0.29, 0.717) is 0 Å². The summed E-state index contributed by atoms with van der Waals surface area (Å²) in [4.78, 5) is 22.2. The summed E-state index contributed by atoms with van der Waals surface area (Å²) < 4.78 is 5.01. The number of benzene rings is 1. The van der Waals surface area contributed by atoms with Gasteiger partial charge in [-0.25, -0.2) is 9.59 Å². The van der Waals surface area contributed by atoms with Crippen LogP contribution in [0, 0.1) is 0 Å². The molecule has 0 radical (unpaired) electrons. The van der Waals surface area contributed by atoms with E-state index < -0.39 is 30.9 Å². The fraction of sp³-hybridized carbons (Fsp3) is 0.286. The summed E-state index contributed by atoms with van der Waals surface area (Å²) in [6.07, 6.45) is -0.713. The molecule has 2 amide bonds. The summed E-state index contributed by atoms with van der Waals surface area (Å²) in [5.41, 5.74) is 0.824. The monoisotopic (exact) mass is 294 g/mol. The van der Waals surface area contributed by atoms with E-state index in [-0.39, 0.29) is 6.61 Å². The van der Waals surface area contributed by atoms with Crippen molar-refractivity contribution in [1.82, 2.24) is 10.6 Å². The van der Waals surface area contributed by atoms with E-state index >= 15 is 0 Å². The summed E-state index contributed by atoms with van der Waals surface area (Å²) in [5, 5.41) is 22.3. The molecule has 114 valence electrons. The van der Waals surface area contributed by atoms with Crippen molar-refractivity contribution in [2.24, 2.45) is 0 Å². The Balaban J connectivity index is 2.50. The second-order valence-electron chi connectivity index (χ2n) is 4.21. The highest BCUT2D eigenvalue weighted by atomic mass is 16.5. The minimum Gasteiger partial charge on any atom is -0.465 e. The largest absolute Gasteiger partial charge is 0.465 e. The molecule has 0 fully saturated rings. The van der Waals surface area contributed by atoms with Crippen molar-refractivity contribution in [2.75, 3.05) is 6.61 Å². The normalized spacial score (nSPS) is 12.8. The molecule has 0 aliphatic carbocycles. The van der Waals surface area contributed by atoms with Gasteiger partial charge in [-0.15, -0.1) is 6.58 Å². The second kappa shape index (κ2) is 8.60. The fourth-order valence-corrected chi connectivity index (χ4v) is 1.63. The minimum absolute atomic E-state index is 0.0900. The number of carbonyl (C=O) groups is 2. The topological polar surface area (TPSA) is 108 Å². The highest BCUT2D eigenvalue weighted by Crippen LogP contribution is 2.02. The van der Waals surface area contributed by atoms with E-state index in [2.05, 4.69) is 17.2 Å². The maximum Gasteiger partial charge on any atom is 0.408 e. The van der Waals surface area contributed by atoms with Gasteiger partial charge in [-0.2, -0.15) is 0 Å². The van der Waals surface area contributed by atoms with Crippen LogP contribution in [0.25, 0.3) is 0 Å². The number of aliphatic hydroxyl groups is 1. The highest BCUT2D eigenvalue weighted by Gasteiger charge is 2.22. The van der Waals surface area contributed by atoms with Gasteiger partial charge in [0.15, 0.2) is 0 Å². The van der Waals surface area contributed by atoms with Crippen molar-refractivity contribution in [3.05, 3.63) is 48.6 Å². The predicted molar refractivity (Wildman–Crippen MR) is 75.8 cm³/mol. The zero-order valence-electron chi connectivity index (χ0n) is 11.4. The molecule has 21 heavy (non-hydrogen) atoms. The standard InChI is InChI=1S/C14H18N2O5/c1-2-11(12(8-17)15-13(18)19)16-14(20)21-9-10-6-4-3-5-7-10/h2-7,11-12,15,17H,1,8-9H2,(H,16,20)(H,18,19)/t11-,12-/m0/s1. The van der Waals surface area contributed by atoms with E-state index in [4.69, 9.17) is 14.9 Å². The van der Waals surface area contributed by atoms with Crippen molar-refractivity contribution in [1.29, 1.82) is 0 Å². The van der Waals surface area contributed by atoms with E-state index in [1.54, 1.807) is 12.1 Å². The third-order valence-electron chi connectivity index (χ3n) is 2.69. The van der Waals surface area contributed by atoms with Gasteiger partial charge in [-0.3, -0.25) is 0 Å². The molecule has 0 unspecified atom stereocenters. The number of carboxylic acid groups (broad SMARTS) is 1. The molecule has 2 atom stereocenters. The summed E-state index contributed by atoms with van der Waals surface area (Å²) >= 11 is 0. The molecule has 1 aromatic carbocycles. The van der Waals surface area contributed by atoms with Gasteiger partial charge in [-0.1, -0.05) is 36.4 Å². The van der Waals surface area contributed by atoms with Crippen molar-refractivity contribution in [3.8, 4) is 0 Å². The molecule has 0 aliphatic rings. The van der Waals surface area contributed by atoms with Gasteiger partial charge >= 0.3 is 12.2 Å². The number of amides is 2. The lowest BCUT2D eigenvalue weighted by atomic mass is 10.1. The number of hydrogen-bond acceptors (Lipinski definition) is 4. The molecule has 0 aromatic heterocycles. The maximum absolute atomic E-state index is 11.7. The molecular formula is C14H18N2O5. The molecule has 7 nitrogen and oxygen atoms in total. The summed E-state index contributed by atoms with van der Waals surface area (Å²) in [6.45, 7) is 3.10. The molecule has 4 N–H and O–H groups in total. The van der Waals surface area contributed by atoms with Crippen molar-refractivity contribution in [2.45, 2.75) is 18.7 Å². The minimum atomic E-state index is -1.31. The van der Waals surface area contributed by atoms with Gasteiger partial charge in [-0.05, 0) is 5.56 Å². The third-order valence-corrected chi connectivity index (χ3v) is 2.69. The first kappa shape index (κ1) is 16.5. The lowest BCUT2D eigenvalue weighted by Gasteiger charge is -2.23. The molecule has 1 rings (SSSR count). The Hall–Kier alpha value is -2.54. The molecule has 7 heteroatoms. The van der Waals surface area contributed by atoms with Crippen molar-refractivity contribution < 1.29 is 24.5 Å². The van der Waals surface area contributed by atoms with Crippen LogP contribution in [0.4, 0.5) is 9.59 Å². The Morgan fingerprint density at radius 1 is 1.29 bits per heavy atom. The van der Waals surface area contributed by atoms with Crippen LogP contribution in [0.1, 0.15) is 5.56 Å². The smallest absolute Gasteiger partial charge is 0.408 e. The number of rotatable bonds is 7. The summed E-state index contributed by atoms with van der Waals surface area (Å²) in [5.74, 6) is 0. The van der Waals surface area contributed by atoms with Crippen LogP contribution in [0.15, 0.2) is 43.0 Å². The number of nitrogens with one attached hydrogen (secondary N) is 2. The number of ether oxygens (including phenoxy) is 1. The third kappa shape index (κ3) is 5.96. The lowest BCUT2D eigenvalue weighted by Crippen LogP contribution is -2.52. The van der Waals surface area contributed by atoms with Crippen LogP contribution in [0.5, 0.6) is 0 Å². The Morgan fingerprint density at radius 3 is 2.48 bits per heavy atom. The Bertz CT molecular complexity index is 478. The molecule has 0 saturated carbocycles. The summed E-state index contributed by atoms with van der Waals surface area (Å²) in [6, 6.07) is 7.42. The molecular weight excluding hydrogens is 276 g/mol. The first-order valence-corrected chi connectivity index (χ1v) is 6.27. The second-order valence-corrected chi connectivity index (χ2v) is 4.21. The van der Waals surface area contributed by atoms with Gasteiger partial charge in [0.05, 0.1) is 18.7 Å². The SMILES string of the molecule is C=C[C@H](NC(=O)OCc1ccccc1)[C@H](CO)NC(=O)O. The van der Waals surface area contributed by atoms with Gasteiger partial charge in [0.1, 0.15) is 6.61 Å². The van der Waals surface area contributed by atoms with Crippen LogP contribution >= 0.6 is 0 Å². The van der Waals surface area contributed by atoms with Gasteiger partial charge in [0, 0.05) is 0 Å². The van der Waals surface area contributed by atoms with Crippen LogP contribution < -0.4 is 10.6 Å². The Kier molecular flexibility index (Phi) is 6.76. The van der Waals surface area contributed by atoms with Crippen LogP contribution in [0.3, 0.4) is 0 Å². The van der Waals surface area contributed by atoms with Crippen molar-refractivity contribution >= 4 is 12.2 Å².